The molecule has 0 aromatic heterocycles. The maximum absolute atomic E-state index is 11.3. The van der Waals surface area contributed by atoms with Crippen molar-refractivity contribution in [3.63, 3.8) is 0 Å². The standard InChI is InChI=1S/C20H24N2O6/c1-3-5-11-20(10-4-2,14-6-8-18(23)16(12-14)21(25)26)15-7-9-19(24)17(13-15)22(27)28/h6-9,12-13,23-24H,3-5,10-11H2,1-2H3. The van der Waals surface area contributed by atoms with Gasteiger partial charge in [0, 0.05) is 17.5 Å². The molecule has 0 aliphatic carbocycles. The van der Waals surface area contributed by atoms with Crippen LogP contribution < -0.4 is 0 Å². The van der Waals surface area contributed by atoms with E-state index in [0.717, 1.165) is 19.3 Å². The number of nitro benzene ring substituents is 2. The van der Waals surface area contributed by atoms with E-state index in [1.165, 1.54) is 24.3 Å². The van der Waals surface area contributed by atoms with E-state index in [2.05, 4.69) is 0 Å². The molecule has 0 fully saturated rings. The fourth-order valence-corrected chi connectivity index (χ4v) is 3.71. The number of nitro groups is 2. The lowest BCUT2D eigenvalue weighted by molar-refractivity contribution is -0.386. The number of rotatable bonds is 9. The largest absolute Gasteiger partial charge is 0.502 e. The Labute approximate surface area is 162 Å². The Bertz CT molecular complexity index is 817. The Balaban J connectivity index is 2.77. The lowest BCUT2D eigenvalue weighted by atomic mass is 9.68. The van der Waals surface area contributed by atoms with Crippen molar-refractivity contribution in [3.8, 4) is 11.5 Å². The van der Waals surface area contributed by atoms with E-state index in [0.29, 0.717) is 24.0 Å². The molecule has 0 spiro atoms. The van der Waals surface area contributed by atoms with E-state index in [-0.39, 0.29) is 0 Å². The van der Waals surface area contributed by atoms with Gasteiger partial charge in [-0.2, -0.15) is 0 Å². The van der Waals surface area contributed by atoms with E-state index in [1.807, 2.05) is 13.8 Å². The van der Waals surface area contributed by atoms with E-state index in [9.17, 15) is 30.4 Å². The molecule has 0 bridgehead atoms. The molecule has 2 rings (SSSR count). The average molecular weight is 388 g/mol. The number of hydrogen-bond donors (Lipinski definition) is 2. The Morgan fingerprint density at radius 2 is 1.29 bits per heavy atom. The van der Waals surface area contributed by atoms with Crippen molar-refractivity contribution in [2.45, 2.75) is 51.4 Å². The first-order chi connectivity index (χ1) is 13.3. The van der Waals surface area contributed by atoms with Crippen molar-refractivity contribution < 1.29 is 20.1 Å². The van der Waals surface area contributed by atoms with E-state index in [4.69, 9.17) is 0 Å². The molecule has 0 saturated carbocycles. The fraction of sp³-hybridized carbons (Fsp3) is 0.400. The van der Waals surface area contributed by atoms with Crippen LogP contribution in [0.3, 0.4) is 0 Å². The average Bonchev–Trinajstić information content (AvgIpc) is 2.65. The Hall–Kier alpha value is -3.16. The molecular weight excluding hydrogens is 364 g/mol. The van der Waals surface area contributed by atoms with Crippen LogP contribution in [0.1, 0.15) is 57.1 Å². The van der Waals surface area contributed by atoms with E-state index < -0.39 is 38.1 Å². The van der Waals surface area contributed by atoms with Crippen LogP contribution in [0.4, 0.5) is 11.4 Å². The van der Waals surface area contributed by atoms with Gasteiger partial charge in [-0.05, 0) is 36.1 Å². The summed E-state index contributed by atoms with van der Waals surface area (Å²) in [6.07, 6.45) is 3.67. The molecule has 0 aliphatic rings. The molecule has 0 radical (unpaired) electrons. The Morgan fingerprint density at radius 1 is 0.821 bits per heavy atom. The second-order valence-electron chi connectivity index (χ2n) is 6.86. The van der Waals surface area contributed by atoms with Crippen LogP contribution in [0.25, 0.3) is 0 Å². The number of benzene rings is 2. The van der Waals surface area contributed by atoms with Gasteiger partial charge in [-0.15, -0.1) is 0 Å². The van der Waals surface area contributed by atoms with Crippen molar-refractivity contribution in [2.24, 2.45) is 0 Å². The van der Waals surface area contributed by atoms with Gasteiger partial charge in [-0.1, -0.05) is 45.2 Å². The molecule has 0 unspecified atom stereocenters. The molecule has 28 heavy (non-hydrogen) atoms. The first kappa shape index (κ1) is 21.1. The molecule has 0 amide bonds. The lowest BCUT2D eigenvalue weighted by Crippen LogP contribution is -2.28. The summed E-state index contributed by atoms with van der Waals surface area (Å²) in [5, 5.41) is 42.3. The van der Waals surface area contributed by atoms with Gasteiger partial charge in [-0.25, -0.2) is 0 Å². The van der Waals surface area contributed by atoms with Crippen LogP contribution in [-0.4, -0.2) is 20.1 Å². The number of unbranched alkanes of at least 4 members (excludes halogenated alkanes) is 1. The molecule has 2 aromatic rings. The van der Waals surface area contributed by atoms with Crippen LogP contribution in [0.2, 0.25) is 0 Å². The van der Waals surface area contributed by atoms with Crippen molar-refractivity contribution in [3.05, 3.63) is 67.8 Å². The summed E-state index contributed by atoms with van der Waals surface area (Å²) in [5.41, 5.74) is -0.271. The third kappa shape index (κ3) is 4.05. The summed E-state index contributed by atoms with van der Waals surface area (Å²) < 4.78 is 0. The third-order valence-corrected chi connectivity index (χ3v) is 5.08. The third-order valence-electron chi connectivity index (χ3n) is 5.08. The Kier molecular flexibility index (Phi) is 6.56. The summed E-state index contributed by atoms with van der Waals surface area (Å²) >= 11 is 0. The maximum Gasteiger partial charge on any atom is 0.310 e. The molecule has 150 valence electrons. The minimum atomic E-state index is -0.707. The second-order valence-corrected chi connectivity index (χ2v) is 6.86. The molecule has 2 N–H and O–H groups in total. The zero-order valence-electron chi connectivity index (χ0n) is 15.9. The van der Waals surface area contributed by atoms with Crippen LogP contribution in [0, 0.1) is 20.2 Å². The highest BCUT2D eigenvalue weighted by Crippen LogP contribution is 2.45. The number of nitrogens with zero attached hydrogens (tertiary/aromatic N) is 2. The van der Waals surface area contributed by atoms with Crippen LogP contribution in [-0.2, 0) is 5.41 Å². The van der Waals surface area contributed by atoms with Gasteiger partial charge in [0.2, 0.25) is 0 Å². The zero-order chi connectivity index (χ0) is 20.9. The predicted octanol–water partition coefficient (Wildman–Crippen LogP) is 5.19. The quantitative estimate of drug-likeness (QED) is 0.449. The van der Waals surface area contributed by atoms with Crippen LogP contribution >= 0.6 is 0 Å². The Morgan fingerprint density at radius 3 is 1.64 bits per heavy atom. The van der Waals surface area contributed by atoms with Crippen molar-refractivity contribution in [1.82, 2.24) is 0 Å². The normalized spacial score (nSPS) is 11.4. The number of phenols is 2. The van der Waals surface area contributed by atoms with Gasteiger partial charge in [-0.3, -0.25) is 20.2 Å². The van der Waals surface area contributed by atoms with Gasteiger partial charge in [0.15, 0.2) is 11.5 Å². The summed E-state index contributed by atoms with van der Waals surface area (Å²) in [7, 11) is 0. The highest BCUT2D eigenvalue weighted by atomic mass is 16.6. The summed E-state index contributed by atoms with van der Waals surface area (Å²) in [5.74, 6) is -0.849. The predicted molar refractivity (Wildman–Crippen MR) is 105 cm³/mol. The lowest BCUT2D eigenvalue weighted by Gasteiger charge is -2.35. The maximum atomic E-state index is 11.3. The number of hydrogen-bond acceptors (Lipinski definition) is 6. The monoisotopic (exact) mass is 388 g/mol. The minimum absolute atomic E-state index is 0.400. The first-order valence-electron chi connectivity index (χ1n) is 9.22. The highest BCUT2D eigenvalue weighted by molar-refractivity contribution is 5.55. The summed E-state index contributed by atoms with van der Waals surface area (Å²) in [6.45, 7) is 4.00. The van der Waals surface area contributed by atoms with E-state index >= 15 is 0 Å². The molecule has 8 heteroatoms. The molecule has 8 nitrogen and oxygen atoms in total. The van der Waals surface area contributed by atoms with Crippen LogP contribution in [0.15, 0.2) is 36.4 Å². The molecule has 0 aliphatic heterocycles. The molecule has 0 atom stereocenters. The molecule has 0 saturated heterocycles. The highest BCUT2D eigenvalue weighted by Gasteiger charge is 2.36. The number of aromatic hydroxyl groups is 2. The zero-order valence-corrected chi connectivity index (χ0v) is 15.9. The van der Waals surface area contributed by atoms with Gasteiger partial charge in [0.05, 0.1) is 9.85 Å². The molecule has 2 aromatic carbocycles. The SMILES string of the molecule is CCCCC(CCC)(c1ccc(O)c([N+](=O)[O-])c1)c1ccc(O)c([N+](=O)[O-])c1. The smallest absolute Gasteiger partial charge is 0.310 e. The number of phenolic OH excluding ortho intramolecular Hbond substituents is 2. The minimum Gasteiger partial charge on any atom is -0.502 e. The van der Waals surface area contributed by atoms with Crippen molar-refractivity contribution in [2.75, 3.05) is 0 Å². The first-order valence-corrected chi connectivity index (χ1v) is 9.22. The van der Waals surface area contributed by atoms with Gasteiger partial charge >= 0.3 is 11.4 Å². The van der Waals surface area contributed by atoms with E-state index in [1.54, 1.807) is 12.1 Å². The topological polar surface area (TPSA) is 127 Å². The fourth-order valence-electron chi connectivity index (χ4n) is 3.71. The summed E-state index contributed by atoms with van der Waals surface area (Å²) in [6, 6.07) is 8.54. The summed E-state index contributed by atoms with van der Waals surface area (Å²) in [4.78, 5) is 21.4. The molecule has 0 heterocycles. The van der Waals surface area contributed by atoms with Crippen molar-refractivity contribution in [1.29, 1.82) is 0 Å². The van der Waals surface area contributed by atoms with Gasteiger partial charge in [0.25, 0.3) is 0 Å². The van der Waals surface area contributed by atoms with Crippen molar-refractivity contribution >= 4 is 11.4 Å². The van der Waals surface area contributed by atoms with Gasteiger partial charge in [0.1, 0.15) is 0 Å². The van der Waals surface area contributed by atoms with Crippen LogP contribution in [0.5, 0.6) is 11.5 Å². The second kappa shape index (κ2) is 8.69. The van der Waals surface area contributed by atoms with Gasteiger partial charge < -0.3 is 10.2 Å². The molecular formula is C20H24N2O6.